The number of nitro benzene ring substituents is 4. The number of non-ortho nitro benzene ring substituents is 3. The quantitative estimate of drug-likeness (QED) is 0.0342. The molecule has 0 aliphatic rings. The van der Waals surface area contributed by atoms with Crippen LogP contribution in [0.4, 0.5) is 91.0 Å². The predicted molar refractivity (Wildman–Crippen MR) is 329 cm³/mol. The molecule has 0 radical (unpaired) electrons. The maximum atomic E-state index is 11.3. The largest absolute Gasteiger partial charge is 0.350 e. The van der Waals surface area contributed by atoms with E-state index in [0.717, 1.165) is 33.9 Å². The van der Waals surface area contributed by atoms with Crippen LogP contribution in [0.15, 0.2) is 237 Å². The summed E-state index contributed by atoms with van der Waals surface area (Å²) in [7, 11) is 0. The SMILES string of the molecule is CC(=O)Nc1ccc(N=Nc2ccc([N+](=O)[O-])cc2)cc1.CC(=O)Nc1ccc(N=Nc2ccc([N+](=O)[O-])cc2)cc1.CC(=O)Nc1ccc(N=Nc2ccccc2)c2ccccc12.CC(=O)Nc1ccc(Nc2ccc([N+](=O)[O-])cc2[N+](=O)[O-])cc1. The number of fused-ring (bicyclic) bond motifs is 1. The molecule has 27 heteroatoms. The zero-order valence-corrected chi connectivity index (χ0v) is 46.5. The van der Waals surface area contributed by atoms with Gasteiger partial charge < -0.3 is 26.6 Å². The van der Waals surface area contributed by atoms with E-state index in [-0.39, 0.29) is 46.4 Å². The van der Waals surface area contributed by atoms with Gasteiger partial charge in [-0.3, -0.25) is 59.6 Å². The summed E-state index contributed by atoms with van der Waals surface area (Å²) in [5.74, 6) is -0.592. The first-order valence-electron chi connectivity index (χ1n) is 25.6. The molecule has 0 heterocycles. The predicted octanol–water partition coefficient (Wildman–Crippen LogP) is 16.4. The minimum absolute atomic E-state index is 0.00797. The van der Waals surface area contributed by atoms with E-state index < -0.39 is 25.4 Å². The Morgan fingerprint density at radius 2 is 0.655 bits per heavy atom. The molecule has 4 amide bonds. The van der Waals surface area contributed by atoms with Crippen molar-refractivity contribution < 1.29 is 38.9 Å². The van der Waals surface area contributed by atoms with Crippen LogP contribution in [0.25, 0.3) is 10.8 Å². The fraction of sp³-hybridized carbons (Fsp3) is 0.0667. The standard InChI is InChI=1S/C18H15N3O.C14H12N4O5.2C14H12N4O3/c1-13(22)19-17-11-12-18(16-10-6-5-9-15(16)17)21-20-14-7-3-2-4-8-14;1-9(19)15-10-2-4-11(5-3-10)16-13-7-6-12(17(20)21)8-14(13)18(22)23;2*1-10(19)15-11-2-4-12(5-3-11)16-17-13-6-8-14(9-7-13)18(20)21/h2-12H,1H3,(H,19,22);2-8,16H,1H3,(H,15,19);2*2-9H,1H3,(H,15,19). The molecule has 0 atom stereocenters. The van der Waals surface area contributed by atoms with Crippen molar-refractivity contribution in [2.45, 2.75) is 27.7 Å². The van der Waals surface area contributed by atoms with E-state index in [1.165, 1.54) is 88.4 Å². The van der Waals surface area contributed by atoms with Gasteiger partial charge in [-0.05, 0) is 127 Å². The molecule has 9 aromatic carbocycles. The van der Waals surface area contributed by atoms with Crippen LogP contribution in [0.3, 0.4) is 0 Å². The highest BCUT2D eigenvalue weighted by molar-refractivity contribution is 6.05. The summed E-state index contributed by atoms with van der Waals surface area (Å²) in [6, 6.07) is 56.2. The minimum Gasteiger partial charge on any atom is -0.350 e. The van der Waals surface area contributed by atoms with E-state index in [4.69, 9.17) is 0 Å². The van der Waals surface area contributed by atoms with E-state index in [1.54, 1.807) is 72.8 Å². The zero-order valence-electron chi connectivity index (χ0n) is 46.5. The summed E-state index contributed by atoms with van der Waals surface area (Å²) in [4.78, 5) is 84.5. The molecule has 438 valence electrons. The topological polar surface area (TPSA) is 375 Å². The summed E-state index contributed by atoms with van der Waals surface area (Å²) in [6.45, 7) is 5.74. The molecule has 27 nitrogen and oxygen atoms in total. The molecule has 87 heavy (non-hydrogen) atoms. The molecule has 9 aromatic rings. The van der Waals surface area contributed by atoms with Gasteiger partial charge in [0.15, 0.2) is 0 Å². The van der Waals surface area contributed by atoms with Crippen LogP contribution >= 0.6 is 0 Å². The van der Waals surface area contributed by atoms with Gasteiger partial charge in [-0.25, -0.2) is 0 Å². The van der Waals surface area contributed by atoms with Gasteiger partial charge in [0.25, 0.3) is 22.7 Å². The number of carbonyl (C=O) groups is 4. The number of hydrogen-bond acceptors (Lipinski definition) is 19. The normalized spacial score (nSPS) is 10.5. The van der Waals surface area contributed by atoms with Gasteiger partial charge in [-0.1, -0.05) is 42.5 Å². The average Bonchev–Trinajstić information content (AvgIpc) is 3.16. The molecule has 9 rings (SSSR count). The summed E-state index contributed by atoms with van der Waals surface area (Å²) >= 11 is 0. The van der Waals surface area contributed by atoms with Crippen molar-refractivity contribution in [1.82, 2.24) is 0 Å². The lowest BCUT2D eigenvalue weighted by molar-refractivity contribution is -0.393. The zero-order chi connectivity index (χ0) is 62.8. The van der Waals surface area contributed by atoms with Crippen LogP contribution in [0.1, 0.15) is 27.7 Å². The number of nitrogens with zero attached hydrogens (tertiary/aromatic N) is 10. The Morgan fingerprint density at radius 1 is 0.322 bits per heavy atom. The Kier molecular flexibility index (Phi) is 23.0. The average molecular weight is 1170 g/mol. The van der Waals surface area contributed by atoms with Crippen LogP contribution in [0.2, 0.25) is 0 Å². The first-order chi connectivity index (χ1) is 41.7. The van der Waals surface area contributed by atoms with Crippen LogP contribution in [-0.2, 0) is 19.2 Å². The second kappa shape index (κ2) is 31.5. The molecule has 0 spiro atoms. The molecule has 0 bridgehead atoms. The van der Waals surface area contributed by atoms with E-state index in [1.807, 2.05) is 66.7 Å². The number of carbonyl (C=O) groups excluding carboxylic acids is 4. The number of azo groups is 3. The third-order valence-corrected chi connectivity index (χ3v) is 11.2. The molecular weight excluding hydrogens is 1120 g/mol. The van der Waals surface area contributed by atoms with Crippen LogP contribution in [-0.4, -0.2) is 43.3 Å². The monoisotopic (exact) mass is 1170 g/mol. The second-order valence-electron chi connectivity index (χ2n) is 17.9. The van der Waals surface area contributed by atoms with Crippen LogP contribution in [0, 0.1) is 40.5 Å². The first kappa shape index (κ1) is 63.5. The van der Waals surface area contributed by atoms with Crippen molar-refractivity contribution in [2.75, 3.05) is 26.6 Å². The third kappa shape index (κ3) is 21.0. The number of anilines is 6. The number of nitrogens with one attached hydrogen (secondary N) is 5. The molecule has 0 aliphatic heterocycles. The molecule has 0 aliphatic carbocycles. The van der Waals surface area contributed by atoms with Gasteiger partial charge in [0.2, 0.25) is 23.6 Å². The second-order valence-corrected chi connectivity index (χ2v) is 17.9. The molecule has 0 saturated carbocycles. The lowest BCUT2D eigenvalue weighted by Crippen LogP contribution is -2.05. The van der Waals surface area contributed by atoms with Gasteiger partial charge >= 0.3 is 0 Å². The number of hydrogen-bond donors (Lipinski definition) is 5. The van der Waals surface area contributed by atoms with Crippen molar-refractivity contribution in [1.29, 1.82) is 0 Å². The maximum Gasteiger partial charge on any atom is 0.299 e. The number of nitro groups is 4. The Bertz CT molecular complexity index is 3900. The van der Waals surface area contributed by atoms with Gasteiger partial charge in [0.1, 0.15) is 5.69 Å². The third-order valence-electron chi connectivity index (χ3n) is 11.2. The van der Waals surface area contributed by atoms with Crippen LogP contribution < -0.4 is 26.6 Å². The Labute approximate surface area is 494 Å². The number of rotatable bonds is 16. The van der Waals surface area contributed by atoms with E-state index >= 15 is 0 Å². The Morgan fingerprint density at radius 3 is 1.06 bits per heavy atom. The fourth-order valence-corrected chi connectivity index (χ4v) is 7.30. The van der Waals surface area contributed by atoms with Gasteiger partial charge in [-0.15, -0.1) is 5.11 Å². The highest BCUT2D eigenvalue weighted by atomic mass is 16.6. The Hall–Kier alpha value is -12.7. The molecular formula is C60H51N15O12. The van der Waals surface area contributed by atoms with Crippen molar-refractivity contribution in [2.24, 2.45) is 30.7 Å². The van der Waals surface area contributed by atoms with Crippen molar-refractivity contribution in [3.63, 3.8) is 0 Å². The molecule has 0 fully saturated rings. The van der Waals surface area contributed by atoms with Crippen molar-refractivity contribution in [3.05, 3.63) is 247 Å². The highest BCUT2D eigenvalue weighted by Crippen LogP contribution is 2.34. The number of benzene rings is 9. The van der Waals surface area contributed by atoms with E-state index in [2.05, 4.69) is 57.3 Å². The number of amides is 4. The molecule has 5 N–H and O–H groups in total. The molecule has 0 saturated heterocycles. The lowest BCUT2D eigenvalue weighted by atomic mass is 10.1. The Balaban J connectivity index is 0.000000185. The van der Waals surface area contributed by atoms with Crippen molar-refractivity contribution in [3.8, 4) is 0 Å². The summed E-state index contributed by atoms with van der Waals surface area (Å²) in [6.07, 6.45) is 0. The first-order valence-corrected chi connectivity index (χ1v) is 25.6. The molecule has 0 unspecified atom stereocenters. The van der Waals surface area contributed by atoms with Gasteiger partial charge in [-0.2, -0.15) is 25.6 Å². The highest BCUT2D eigenvalue weighted by Gasteiger charge is 2.20. The van der Waals surface area contributed by atoms with Crippen molar-refractivity contribution >= 4 is 125 Å². The molecule has 0 aromatic heterocycles. The maximum absolute atomic E-state index is 11.3. The fourth-order valence-electron chi connectivity index (χ4n) is 7.30. The van der Waals surface area contributed by atoms with Gasteiger partial charge in [0.05, 0.1) is 59.9 Å². The summed E-state index contributed by atoms with van der Waals surface area (Å²) in [5, 5.41) is 82.8. The lowest BCUT2D eigenvalue weighted by Gasteiger charge is -2.08. The van der Waals surface area contributed by atoms with Crippen LogP contribution in [0.5, 0.6) is 0 Å². The van der Waals surface area contributed by atoms with Gasteiger partial charge in [0, 0.05) is 97.2 Å². The van der Waals surface area contributed by atoms with E-state index in [0.29, 0.717) is 45.5 Å². The smallest absolute Gasteiger partial charge is 0.299 e. The minimum atomic E-state index is -0.695. The summed E-state index contributed by atoms with van der Waals surface area (Å²) < 4.78 is 0. The van der Waals surface area contributed by atoms with E-state index in [9.17, 15) is 59.6 Å². The summed E-state index contributed by atoms with van der Waals surface area (Å²) in [5.41, 5.74) is 6.49.